The topological polar surface area (TPSA) is 29.9 Å². The zero-order valence-corrected chi connectivity index (χ0v) is 13.7. The van der Waals surface area contributed by atoms with Gasteiger partial charge in [-0.05, 0) is 37.4 Å². The molecule has 0 amide bonds. The summed E-state index contributed by atoms with van der Waals surface area (Å²) in [5.41, 5.74) is 3.89. The van der Waals surface area contributed by atoms with Gasteiger partial charge in [-0.3, -0.25) is 0 Å². The first-order valence-electron chi connectivity index (χ1n) is 7.94. The Bertz CT molecular complexity index is 570. The largest absolute Gasteiger partial charge is 0.312 e. The van der Waals surface area contributed by atoms with Crippen LogP contribution in [0.1, 0.15) is 44.1 Å². The van der Waals surface area contributed by atoms with Crippen LogP contribution in [0, 0.1) is 12.8 Å². The van der Waals surface area contributed by atoms with E-state index < -0.39 is 0 Å². The maximum Gasteiger partial charge on any atom is 0.113 e. The van der Waals surface area contributed by atoms with E-state index in [1.54, 1.807) is 0 Å². The maximum absolute atomic E-state index is 4.50. The molecule has 3 nitrogen and oxygen atoms in total. The summed E-state index contributed by atoms with van der Waals surface area (Å²) < 4.78 is 2.23. The number of aryl methyl sites for hydroxylation is 2. The molecule has 0 fully saturated rings. The summed E-state index contributed by atoms with van der Waals surface area (Å²) >= 11 is 0. The number of hydrogen-bond donors (Lipinski definition) is 1. The van der Waals surface area contributed by atoms with E-state index in [2.05, 4.69) is 67.0 Å². The zero-order valence-electron chi connectivity index (χ0n) is 13.7. The van der Waals surface area contributed by atoms with E-state index in [1.165, 1.54) is 16.8 Å². The molecule has 114 valence electrons. The minimum Gasteiger partial charge on any atom is -0.312 e. The molecule has 0 spiro atoms. The van der Waals surface area contributed by atoms with Gasteiger partial charge < -0.3 is 9.88 Å². The SMILES string of the molecule is CCCc1nccn1-c1ccc(C)cc1CNCC(C)C. The van der Waals surface area contributed by atoms with Gasteiger partial charge in [0.2, 0.25) is 0 Å². The van der Waals surface area contributed by atoms with Crippen molar-refractivity contribution >= 4 is 0 Å². The normalized spacial score (nSPS) is 11.3. The summed E-state index contributed by atoms with van der Waals surface area (Å²) in [6.45, 7) is 10.8. The van der Waals surface area contributed by atoms with E-state index in [1.807, 2.05) is 6.20 Å². The molecule has 21 heavy (non-hydrogen) atoms. The minimum absolute atomic E-state index is 0.669. The van der Waals surface area contributed by atoms with Crippen LogP contribution in [-0.2, 0) is 13.0 Å². The van der Waals surface area contributed by atoms with Crippen LogP contribution in [0.2, 0.25) is 0 Å². The van der Waals surface area contributed by atoms with Crippen molar-refractivity contribution in [3.63, 3.8) is 0 Å². The van der Waals surface area contributed by atoms with Gasteiger partial charge in [0, 0.05) is 25.4 Å². The molecule has 1 heterocycles. The molecule has 2 rings (SSSR count). The average molecular weight is 285 g/mol. The summed E-state index contributed by atoms with van der Waals surface area (Å²) in [5, 5.41) is 3.55. The fourth-order valence-corrected chi connectivity index (χ4v) is 2.55. The summed E-state index contributed by atoms with van der Waals surface area (Å²) in [7, 11) is 0. The van der Waals surface area contributed by atoms with Crippen LogP contribution in [0.25, 0.3) is 5.69 Å². The predicted octanol–water partition coefficient (Wildman–Crippen LogP) is 3.88. The first-order chi connectivity index (χ1) is 10.1. The van der Waals surface area contributed by atoms with E-state index in [4.69, 9.17) is 0 Å². The van der Waals surface area contributed by atoms with E-state index in [0.29, 0.717) is 5.92 Å². The Kier molecular flexibility index (Phi) is 5.57. The Morgan fingerprint density at radius 2 is 2.10 bits per heavy atom. The number of nitrogens with zero attached hydrogens (tertiary/aromatic N) is 2. The first-order valence-corrected chi connectivity index (χ1v) is 7.94. The number of rotatable bonds is 7. The Morgan fingerprint density at radius 1 is 1.29 bits per heavy atom. The molecule has 1 N–H and O–H groups in total. The highest BCUT2D eigenvalue weighted by Crippen LogP contribution is 2.19. The van der Waals surface area contributed by atoms with Crippen molar-refractivity contribution in [2.24, 2.45) is 5.92 Å². The molecule has 2 aromatic rings. The van der Waals surface area contributed by atoms with Crippen LogP contribution in [0.3, 0.4) is 0 Å². The molecule has 0 aliphatic heterocycles. The third kappa shape index (κ3) is 4.18. The first kappa shape index (κ1) is 15.8. The van der Waals surface area contributed by atoms with Gasteiger partial charge in [-0.2, -0.15) is 0 Å². The maximum atomic E-state index is 4.50. The van der Waals surface area contributed by atoms with Crippen LogP contribution in [-0.4, -0.2) is 16.1 Å². The van der Waals surface area contributed by atoms with Crippen molar-refractivity contribution in [3.05, 3.63) is 47.5 Å². The summed E-state index contributed by atoms with van der Waals surface area (Å²) in [6, 6.07) is 6.66. The van der Waals surface area contributed by atoms with Crippen molar-refractivity contribution in [1.29, 1.82) is 0 Å². The lowest BCUT2D eigenvalue weighted by Gasteiger charge is -2.15. The van der Waals surface area contributed by atoms with Gasteiger partial charge in [-0.15, -0.1) is 0 Å². The van der Waals surface area contributed by atoms with E-state index >= 15 is 0 Å². The van der Waals surface area contributed by atoms with Gasteiger partial charge in [0.05, 0.1) is 5.69 Å². The molecule has 0 saturated carbocycles. The monoisotopic (exact) mass is 285 g/mol. The van der Waals surface area contributed by atoms with Crippen molar-refractivity contribution < 1.29 is 0 Å². The van der Waals surface area contributed by atoms with Crippen molar-refractivity contribution in [2.45, 2.75) is 47.1 Å². The lowest BCUT2D eigenvalue weighted by molar-refractivity contribution is 0.551. The van der Waals surface area contributed by atoms with Crippen molar-refractivity contribution in [2.75, 3.05) is 6.54 Å². The van der Waals surface area contributed by atoms with Crippen molar-refractivity contribution in [1.82, 2.24) is 14.9 Å². The van der Waals surface area contributed by atoms with Gasteiger partial charge >= 0.3 is 0 Å². The Balaban J connectivity index is 2.27. The zero-order chi connectivity index (χ0) is 15.2. The second-order valence-corrected chi connectivity index (χ2v) is 6.12. The molecular weight excluding hydrogens is 258 g/mol. The smallest absolute Gasteiger partial charge is 0.113 e. The van der Waals surface area contributed by atoms with Crippen LogP contribution in [0.4, 0.5) is 0 Å². The Hall–Kier alpha value is -1.61. The molecule has 0 atom stereocenters. The molecule has 0 bridgehead atoms. The van der Waals surface area contributed by atoms with Gasteiger partial charge in [-0.25, -0.2) is 4.98 Å². The van der Waals surface area contributed by atoms with E-state index in [9.17, 15) is 0 Å². The highest BCUT2D eigenvalue weighted by molar-refractivity contribution is 5.44. The molecule has 3 heteroatoms. The Morgan fingerprint density at radius 3 is 2.81 bits per heavy atom. The second kappa shape index (κ2) is 7.41. The third-order valence-electron chi connectivity index (χ3n) is 3.55. The molecule has 1 aromatic heterocycles. The molecule has 0 radical (unpaired) electrons. The van der Waals surface area contributed by atoms with Gasteiger partial charge in [0.1, 0.15) is 5.82 Å². The lowest BCUT2D eigenvalue weighted by Crippen LogP contribution is -2.20. The second-order valence-electron chi connectivity index (χ2n) is 6.12. The average Bonchev–Trinajstić information content (AvgIpc) is 2.87. The number of hydrogen-bond acceptors (Lipinski definition) is 2. The predicted molar refractivity (Wildman–Crippen MR) is 88.8 cm³/mol. The fourth-order valence-electron chi connectivity index (χ4n) is 2.55. The van der Waals surface area contributed by atoms with Gasteiger partial charge in [0.15, 0.2) is 0 Å². The molecule has 0 saturated heterocycles. The molecular formula is C18H27N3. The van der Waals surface area contributed by atoms with Crippen LogP contribution >= 0.6 is 0 Å². The molecule has 0 unspecified atom stereocenters. The van der Waals surface area contributed by atoms with Crippen LogP contribution in [0.15, 0.2) is 30.6 Å². The van der Waals surface area contributed by atoms with E-state index in [0.717, 1.165) is 31.8 Å². The molecule has 1 aromatic carbocycles. The quantitative estimate of drug-likeness (QED) is 0.836. The molecule has 0 aliphatic carbocycles. The van der Waals surface area contributed by atoms with E-state index in [-0.39, 0.29) is 0 Å². The summed E-state index contributed by atoms with van der Waals surface area (Å²) in [5.74, 6) is 1.81. The van der Waals surface area contributed by atoms with Gasteiger partial charge in [0.25, 0.3) is 0 Å². The lowest BCUT2D eigenvalue weighted by atomic mass is 10.1. The number of imidazole rings is 1. The third-order valence-corrected chi connectivity index (χ3v) is 3.55. The number of nitrogens with one attached hydrogen (secondary N) is 1. The minimum atomic E-state index is 0.669. The van der Waals surface area contributed by atoms with Gasteiger partial charge in [-0.1, -0.05) is 38.5 Å². The Labute approximate surface area is 128 Å². The molecule has 0 aliphatic rings. The van der Waals surface area contributed by atoms with Crippen molar-refractivity contribution in [3.8, 4) is 5.69 Å². The van der Waals surface area contributed by atoms with Crippen LogP contribution < -0.4 is 5.32 Å². The highest BCUT2D eigenvalue weighted by Gasteiger charge is 2.09. The standard InChI is InChI=1S/C18H27N3/c1-5-6-18-20-9-10-21(18)17-8-7-15(4)11-16(17)13-19-12-14(2)3/h7-11,14,19H,5-6,12-13H2,1-4H3. The number of aromatic nitrogens is 2. The summed E-state index contributed by atoms with van der Waals surface area (Å²) in [6.07, 6.45) is 6.10. The summed E-state index contributed by atoms with van der Waals surface area (Å²) in [4.78, 5) is 4.50. The fraction of sp³-hybridized carbons (Fsp3) is 0.500. The highest BCUT2D eigenvalue weighted by atomic mass is 15.1. The number of benzene rings is 1. The van der Waals surface area contributed by atoms with Crippen LogP contribution in [0.5, 0.6) is 0 Å².